The second kappa shape index (κ2) is 8.96. The van der Waals surface area contributed by atoms with Gasteiger partial charge >= 0.3 is 6.09 Å². The molecule has 2 unspecified atom stereocenters. The molecule has 3 aromatic rings. The van der Waals surface area contributed by atoms with E-state index in [2.05, 4.69) is 20.6 Å². The van der Waals surface area contributed by atoms with E-state index in [1.807, 2.05) is 51.2 Å². The number of hydrogen-bond acceptors (Lipinski definition) is 5. The Hall–Kier alpha value is -3.88. The van der Waals surface area contributed by atoms with Gasteiger partial charge in [-0.1, -0.05) is 12.1 Å². The van der Waals surface area contributed by atoms with Crippen molar-refractivity contribution in [2.45, 2.75) is 38.8 Å². The molecule has 36 heavy (non-hydrogen) atoms. The van der Waals surface area contributed by atoms with Crippen LogP contribution in [0.1, 0.15) is 52.9 Å². The molecule has 1 aliphatic heterocycles. The molecule has 0 bridgehead atoms. The summed E-state index contributed by atoms with van der Waals surface area (Å²) in [5, 5.41) is 6.77. The predicted molar refractivity (Wildman–Crippen MR) is 135 cm³/mol. The lowest BCUT2D eigenvalue weighted by Gasteiger charge is -2.26. The monoisotopic (exact) mass is 489 g/mol. The van der Waals surface area contributed by atoms with Gasteiger partial charge in [0.25, 0.3) is 11.8 Å². The first-order chi connectivity index (χ1) is 17.1. The van der Waals surface area contributed by atoms with Gasteiger partial charge in [0.2, 0.25) is 0 Å². The number of amides is 3. The van der Waals surface area contributed by atoms with Crippen LogP contribution in [0.2, 0.25) is 0 Å². The van der Waals surface area contributed by atoms with Crippen molar-refractivity contribution in [2.75, 3.05) is 20.1 Å². The number of nitrogens with zero attached hydrogens (tertiary/aromatic N) is 2. The zero-order chi connectivity index (χ0) is 25.6. The second-order valence-electron chi connectivity index (χ2n) is 10.6. The molecule has 1 saturated heterocycles. The predicted octanol–water partition coefficient (Wildman–Crippen LogP) is 3.11. The number of aromatic amines is 1. The first-order valence-corrected chi connectivity index (χ1v) is 12.2. The molecule has 3 N–H and O–H groups in total. The number of pyridine rings is 1. The van der Waals surface area contributed by atoms with E-state index in [1.54, 1.807) is 18.0 Å². The molecule has 3 amide bonds. The maximum atomic E-state index is 13.2. The Morgan fingerprint density at radius 1 is 1.11 bits per heavy atom. The van der Waals surface area contributed by atoms with Gasteiger partial charge in [-0.2, -0.15) is 0 Å². The Kier molecular flexibility index (Phi) is 5.94. The van der Waals surface area contributed by atoms with Crippen molar-refractivity contribution in [2.24, 2.45) is 11.8 Å². The van der Waals surface area contributed by atoms with E-state index >= 15 is 0 Å². The van der Waals surface area contributed by atoms with Crippen LogP contribution in [0.4, 0.5) is 4.79 Å². The number of ether oxygens (including phenoxy) is 1. The van der Waals surface area contributed by atoms with Crippen molar-refractivity contribution in [1.82, 2.24) is 25.5 Å². The van der Waals surface area contributed by atoms with E-state index in [-0.39, 0.29) is 41.5 Å². The van der Waals surface area contributed by atoms with Crippen molar-refractivity contribution < 1.29 is 19.1 Å². The number of aromatic nitrogens is 2. The summed E-state index contributed by atoms with van der Waals surface area (Å²) in [7, 11) is 1.54. The SMILES string of the molecule is CNC(=O)c1cc(C(=O)NC2C3CN(C(=O)OC(C)(C)C)CC32)cc(Cc2cccc3[nH]ccc23)n1. The highest BCUT2D eigenvalue weighted by Gasteiger charge is 2.58. The number of H-pyrrole nitrogens is 1. The Bertz CT molecular complexity index is 1330. The zero-order valence-electron chi connectivity index (χ0n) is 20.9. The minimum atomic E-state index is -0.536. The zero-order valence-corrected chi connectivity index (χ0v) is 20.9. The highest BCUT2D eigenvalue weighted by atomic mass is 16.6. The number of nitrogens with one attached hydrogen (secondary N) is 3. The smallest absolute Gasteiger partial charge is 0.410 e. The fraction of sp³-hybridized carbons (Fsp3) is 0.407. The first-order valence-electron chi connectivity index (χ1n) is 12.2. The first kappa shape index (κ1) is 23.8. The van der Waals surface area contributed by atoms with E-state index < -0.39 is 5.60 Å². The molecule has 9 heteroatoms. The molecular formula is C27H31N5O4. The van der Waals surface area contributed by atoms with Gasteiger partial charge in [-0.15, -0.1) is 0 Å². The number of benzene rings is 1. The van der Waals surface area contributed by atoms with E-state index in [0.29, 0.717) is 30.8 Å². The van der Waals surface area contributed by atoms with Crippen LogP contribution in [-0.2, 0) is 11.2 Å². The van der Waals surface area contributed by atoms with E-state index in [1.165, 1.54) is 6.07 Å². The number of likely N-dealkylation sites (tertiary alicyclic amines) is 1. The third kappa shape index (κ3) is 4.78. The number of hydrogen-bond donors (Lipinski definition) is 3. The lowest BCUT2D eigenvalue weighted by Crippen LogP contribution is -2.40. The fourth-order valence-corrected chi connectivity index (χ4v) is 5.00. The van der Waals surface area contributed by atoms with Gasteiger partial charge < -0.3 is 25.3 Å². The quantitative estimate of drug-likeness (QED) is 0.509. The van der Waals surface area contributed by atoms with Crippen molar-refractivity contribution in [1.29, 1.82) is 0 Å². The van der Waals surface area contributed by atoms with Crippen molar-refractivity contribution >= 4 is 28.8 Å². The number of fused-ring (bicyclic) bond motifs is 2. The lowest BCUT2D eigenvalue weighted by molar-refractivity contribution is 0.0269. The van der Waals surface area contributed by atoms with Gasteiger partial charge in [-0.05, 0) is 50.6 Å². The summed E-state index contributed by atoms with van der Waals surface area (Å²) >= 11 is 0. The van der Waals surface area contributed by atoms with Gasteiger partial charge in [-0.3, -0.25) is 9.59 Å². The Labute approximate surface area is 209 Å². The van der Waals surface area contributed by atoms with Crippen molar-refractivity contribution in [3.05, 3.63) is 65.1 Å². The van der Waals surface area contributed by atoms with Crippen LogP contribution in [0.25, 0.3) is 10.9 Å². The van der Waals surface area contributed by atoms with Gasteiger partial charge in [0.15, 0.2) is 0 Å². The maximum absolute atomic E-state index is 13.2. The molecule has 2 aliphatic rings. The summed E-state index contributed by atoms with van der Waals surface area (Å²) in [5.74, 6) is -0.159. The average molecular weight is 490 g/mol. The van der Waals surface area contributed by atoms with Crippen LogP contribution < -0.4 is 10.6 Å². The normalized spacial score (nSPS) is 20.7. The van der Waals surface area contributed by atoms with Gasteiger partial charge in [0.1, 0.15) is 11.3 Å². The largest absolute Gasteiger partial charge is 0.444 e. The van der Waals surface area contributed by atoms with Crippen molar-refractivity contribution in [3.8, 4) is 0 Å². The third-order valence-corrected chi connectivity index (χ3v) is 6.80. The van der Waals surface area contributed by atoms with Gasteiger partial charge in [0.05, 0.1) is 0 Å². The molecule has 2 aromatic heterocycles. The molecule has 3 heterocycles. The fourth-order valence-electron chi connectivity index (χ4n) is 5.00. The van der Waals surface area contributed by atoms with Crippen molar-refractivity contribution in [3.63, 3.8) is 0 Å². The highest BCUT2D eigenvalue weighted by molar-refractivity contribution is 5.99. The van der Waals surface area contributed by atoms with E-state index in [9.17, 15) is 14.4 Å². The van der Waals surface area contributed by atoms with Crippen LogP contribution >= 0.6 is 0 Å². The number of carbonyl (C=O) groups is 3. The Balaban J connectivity index is 1.29. The summed E-state index contributed by atoms with van der Waals surface area (Å²) in [6, 6.07) is 11.3. The lowest BCUT2D eigenvalue weighted by atomic mass is 10.0. The molecule has 1 aromatic carbocycles. The molecule has 2 atom stereocenters. The molecule has 1 aliphatic carbocycles. The molecule has 9 nitrogen and oxygen atoms in total. The minimum absolute atomic E-state index is 0.00450. The second-order valence-corrected chi connectivity index (χ2v) is 10.6. The molecule has 0 spiro atoms. The maximum Gasteiger partial charge on any atom is 0.410 e. The summed E-state index contributed by atoms with van der Waals surface area (Å²) in [6.45, 7) is 6.67. The third-order valence-electron chi connectivity index (χ3n) is 6.80. The summed E-state index contributed by atoms with van der Waals surface area (Å²) in [6.07, 6.45) is 2.06. The van der Waals surface area contributed by atoms with Crippen LogP contribution in [0, 0.1) is 11.8 Å². The molecule has 188 valence electrons. The number of rotatable bonds is 5. The number of carbonyl (C=O) groups excluding carboxylic acids is 3. The molecule has 1 saturated carbocycles. The van der Waals surface area contributed by atoms with Gasteiger partial charge in [0, 0.05) is 72.8 Å². The van der Waals surface area contributed by atoms with E-state index in [0.717, 1.165) is 16.5 Å². The molecule has 5 rings (SSSR count). The molecule has 2 fully saturated rings. The number of piperidine rings is 1. The molecular weight excluding hydrogens is 458 g/mol. The Morgan fingerprint density at radius 2 is 1.86 bits per heavy atom. The Morgan fingerprint density at radius 3 is 2.56 bits per heavy atom. The van der Waals surface area contributed by atoms with Crippen LogP contribution in [0.15, 0.2) is 42.6 Å². The summed E-state index contributed by atoms with van der Waals surface area (Å²) in [5.41, 5.74) is 2.78. The summed E-state index contributed by atoms with van der Waals surface area (Å²) in [4.78, 5) is 47.3. The van der Waals surface area contributed by atoms with Crippen LogP contribution in [0.3, 0.4) is 0 Å². The van der Waals surface area contributed by atoms with Crippen LogP contribution in [-0.4, -0.2) is 64.6 Å². The highest BCUT2D eigenvalue weighted by Crippen LogP contribution is 2.46. The molecule has 0 radical (unpaired) electrons. The minimum Gasteiger partial charge on any atom is -0.444 e. The van der Waals surface area contributed by atoms with Gasteiger partial charge in [-0.25, -0.2) is 9.78 Å². The summed E-state index contributed by atoms with van der Waals surface area (Å²) < 4.78 is 5.46. The average Bonchev–Trinajstić information content (AvgIpc) is 3.21. The standard InChI is InChI=1S/C27H31N5O4/c1-27(2,3)36-26(35)32-13-19-20(14-32)23(19)31-24(33)16-11-17(30-22(12-16)25(34)28-4)10-15-6-5-7-21-18(15)8-9-29-21/h5-9,11-12,19-20,23,29H,10,13-14H2,1-4H3,(H,28,34)(H,31,33). The van der Waals surface area contributed by atoms with E-state index in [4.69, 9.17) is 4.74 Å². The van der Waals surface area contributed by atoms with Crippen LogP contribution in [0.5, 0.6) is 0 Å². The topological polar surface area (TPSA) is 116 Å².